The minimum absolute atomic E-state index is 0.00315. The van der Waals surface area contributed by atoms with Gasteiger partial charge in [-0.3, -0.25) is 4.79 Å². The number of pyridine rings is 1. The number of rotatable bonds is 7. The first-order valence-corrected chi connectivity index (χ1v) is 10.3. The zero-order chi connectivity index (χ0) is 20.1. The average molecular weight is 389 g/mol. The van der Waals surface area contributed by atoms with Gasteiger partial charge in [0.1, 0.15) is 5.75 Å². The highest BCUT2D eigenvalue weighted by Crippen LogP contribution is 2.26. The fourth-order valence-electron chi connectivity index (χ4n) is 3.80. The van der Waals surface area contributed by atoms with E-state index in [2.05, 4.69) is 33.8 Å². The highest BCUT2D eigenvalue weighted by Gasteiger charge is 2.14. The van der Waals surface area contributed by atoms with Crippen LogP contribution in [0.1, 0.15) is 38.2 Å². The van der Waals surface area contributed by atoms with Crippen LogP contribution in [0.5, 0.6) is 11.6 Å². The minimum atomic E-state index is -0.00315. The molecule has 0 atom stereocenters. The second kappa shape index (κ2) is 8.95. The number of ether oxygens (including phenoxy) is 1. The molecule has 1 fully saturated rings. The van der Waals surface area contributed by atoms with Crippen molar-refractivity contribution in [2.45, 2.75) is 45.1 Å². The monoisotopic (exact) mass is 389 g/mol. The Labute approximate surface area is 171 Å². The molecule has 4 rings (SSSR count). The molecule has 0 bridgehead atoms. The van der Waals surface area contributed by atoms with Gasteiger partial charge < -0.3 is 15.4 Å². The molecule has 29 heavy (non-hydrogen) atoms. The van der Waals surface area contributed by atoms with Crippen LogP contribution in [0.2, 0.25) is 0 Å². The maximum absolute atomic E-state index is 11.0. The summed E-state index contributed by atoms with van der Waals surface area (Å²) in [5.41, 5.74) is 3.21. The van der Waals surface area contributed by atoms with Gasteiger partial charge in [0.2, 0.25) is 11.8 Å². The SMILES string of the molecule is CC(=O)NCCc1ccc2nc(Oc3ccc(NC4CCCC4)cc3)ccc2c1. The van der Waals surface area contributed by atoms with E-state index in [4.69, 9.17) is 4.74 Å². The lowest BCUT2D eigenvalue weighted by atomic mass is 10.1. The third-order valence-electron chi connectivity index (χ3n) is 5.32. The number of carbonyl (C=O) groups excluding carboxylic acids is 1. The van der Waals surface area contributed by atoms with Crippen molar-refractivity contribution in [3.05, 3.63) is 60.2 Å². The van der Waals surface area contributed by atoms with Crippen LogP contribution in [0.15, 0.2) is 54.6 Å². The van der Waals surface area contributed by atoms with Gasteiger partial charge in [0.15, 0.2) is 0 Å². The number of amides is 1. The number of nitrogens with zero attached hydrogens (tertiary/aromatic N) is 1. The zero-order valence-electron chi connectivity index (χ0n) is 16.8. The van der Waals surface area contributed by atoms with Crippen LogP contribution in [0.3, 0.4) is 0 Å². The van der Waals surface area contributed by atoms with Gasteiger partial charge in [0.25, 0.3) is 0 Å². The maximum Gasteiger partial charge on any atom is 0.219 e. The van der Waals surface area contributed by atoms with E-state index in [1.807, 2.05) is 36.4 Å². The van der Waals surface area contributed by atoms with Gasteiger partial charge in [0, 0.05) is 36.7 Å². The molecular formula is C24H27N3O2. The minimum Gasteiger partial charge on any atom is -0.439 e. The van der Waals surface area contributed by atoms with Crippen molar-refractivity contribution >= 4 is 22.5 Å². The second-order valence-electron chi connectivity index (χ2n) is 7.66. The number of nitrogens with one attached hydrogen (secondary N) is 2. The van der Waals surface area contributed by atoms with E-state index >= 15 is 0 Å². The molecule has 0 spiro atoms. The van der Waals surface area contributed by atoms with Crippen LogP contribution in [0.4, 0.5) is 5.69 Å². The van der Waals surface area contributed by atoms with E-state index in [0.29, 0.717) is 18.5 Å². The van der Waals surface area contributed by atoms with Gasteiger partial charge in [-0.1, -0.05) is 18.9 Å². The predicted molar refractivity (Wildman–Crippen MR) is 117 cm³/mol. The summed E-state index contributed by atoms with van der Waals surface area (Å²) in [6, 6.07) is 18.8. The summed E-state index contributed by atoms with van der Waals surface area (Å²) >= 11 is 0. The Balaban J connectivity index is 1.39. The molecule has 3 aromatic rings. The second-order valence-corrected chi connectivity index (χ2v) is 7.66. The largest absolute Gasteiger partial charge is 0.439 e. The van der Waals surface area contributed by atoms with Gasteiger partial charge in [-0.2, -0.15) is 0 Å². The molecule has 2 aromatic carbocycles. The van der Waals surface area contributed by atoms with E-state index in [1.54, 1.807) is 0 Å². The molecule has 150 valence electrons. The molecule has 1 aliphatic rings. The number of hydrogen-bond donors (Lipinski definition) is 2. The van der Waals surface area contributed by atoms with Gasteiger partial charge in [-0.05, 0) is 67.3 Å². The molecule has 0 aliphatic heterocycles. The van der Waals surface area contributed by atoms with Gasteiger partial charge in [-0.25, -0.2) is 4.98 Å². The quantitative estimate of drug-likeness (QED) is 0.593. The number of anilines is 1. The van der Waals surface area contributed by atoms with Crippen LogP contribution >= 0.6 is 0 Å². The Morgan fingerprint density at radius 2 is 1.86 bits per heavy atom. The molecule has 5 nitrogen and oxygen atoms in total. The molecule has 1 saturated carbocycles. The summed E-state index contributed by atoms with van der Waals surface area (Å²) in [6.07, 6.45) is 5.96. The Bertz CT molecular complexity index is 979. The molecule has 2 N–H and O–H groups in total. The number of aromatic nitrogens is 1. The van der Waals surface area contributed by atoms with E-state index < -0.39 is 0 Å². The van der Waals surface area contributed by atoms with Crippen LogP contribution in [-0.4, -0.2) is 23.5 Å². The molecule has 1 aliphatic carbocycles. The molecule has 0 radical (unpaired) electrons. The highest BCUT2D eigenvalue weighted by atomic mass is 16.5. The lowest BCUT2D eigenvalue weighted by Crippen LogP contribution is -2.22. The van der Waals surface area contributed by atoms with Gasteiger partial charge >= 0.3 is 0 Å². The van der Waals surface area contributed by atoms with E-state index in [-0.39, 0.29) is 5.91 Å². The van der Waals surface area contributed by atoms with Crippen LogP contribution in [-0.2, 0) is 11.2 Å². The molecule has 0 saturated heterocycles. The van der Waals surface area contributed by atoms with Gasteiger partial charge in [0.05, 0.1) is 5.52 Å². The smallest absolute Gasteiger partial charge is 0.219 e. The van der Waals surface area contributed by atoms with Crippen molar-refractivity contribution in [3.63, 3.8) is 0 Å². The first kappa shape index (κ1) is 19.2. The molecule has 0 unspecified atom stereocenters. The fourth-order valence-corrected chi connectivity index (χ4v) is 3.80. The number of hydrogen-bond acceptors (Lipinski definition) is 4. The van der Waals surface area contributed by atoms with Crippen molar-refractivity contribution in [3.8, 4) is 11.6 Å². The first-order valence-electron chi connectivity index (χ1n) is 10.3. The predicted octanol–water partition coefficient (Wildman–Crippen LogP) is 5.06. The van der Waals surface area contributed by atoms with Crippen molar-refractivity contribution < 1.29 is 9.53 Å². The number of carbonyl (C=O) groups is 1. The van der Waals surface area contributed by atoms with Crippen LogP contribution < -0.4 is 15.4 Å². The Morgan fingerprint density at radius 1 is 1.07 bits per heavy atom. The fraction of sp³-hybridized carbons (Fsp3) is 0.333. The standard InChI is InChI=1S/C24H27N3O2/c1-17(28)25-15-14-18-6-12-23-19(16-18)7-13-24(27-23)29-22-10-8-21(9-11-22)26-20-4-2-3-5-20/h6-13,16,20,26H,2-5,14-15H2,1H3,(H,25,28). The topological polar surface area (TPSA) is 63.2 Å². The molecule has 1 aromatic heterocycles. The van der Waals surface area contributed by atoms with Crippen molar-refractivity contribution in [1.82, 2.24) is 10.3 Å². The number of benzene rings is 2. The first-order chi connectivity index (χ1) is 14.2. The normalized spacial score (nSPS) is 14.1. The number of fused-ring (bicyclic) bond motifs is 1. The van der Waals surface area contributed by atoms with Gasteiger partial charge in [-0.15, -0.1) is 0 Å². The lowest BCUT2D eigenvalue weighted by Gasteiger charge is -2.14. The Kier molecular flexibility index (Phi) is 5.94. The summed E-state index contributed by atoms with van der Waals surface area (Å²) in [7, 11) is 0. The summed E-state index contributed by atoms with van der Waals surface area (Å²) < 4.78 is 5.95. The Morgan fingerprint density at radius 3 is 2.62 bits per heavy atom. The highest BCUT2D eigenvalue weighted by molar-refractivity contribution is 5.80. The maximum atomic E-state index is 11.0. The summed E-state index contributed by atoms with van der Waals surface area (Å²) in [5.74, 6) is 1.36. The third kappa shape index (κ3) is 5.25. The molecule has 1 amide bonds. The summed E-state index contributed by atoms with van der Waals surface area (Å²) in [6.45, 7) is 2.17. The van der Waals surface area contributed by atoms with Crippen LogP contribution in [0.25, 0.3) is 10.9 Å². The van der Waals surface area contributed by atoms with E-state index in [1.165, 1.54) is 38.2 Å². The Hall–Kier alpha value is -3.08. The van der Waals surface area contributed by atoms with E-state index in [0.717, 1.165) is 28.8 Å². The van der Waals surface area contributed by atoms with E-state index in [9.17, 15) is 4.79 Å². The van der Waals surface area contributed by atoms with Crippen molar-refractivity contribution in [2.75, 3.05) is 11.9 Å². The third-order valence-corrected chi connectivity index (χ3v) is 5.32. The molecule has 1 heterocycles. The lowest BCUT2D eigenvalue weighted by molar-refractivity contribution is -0.118. The summed E-state index contributed by atoms with van der Waals surface area (Å²) in [4.78, 5) is 15.6. The van der Waals surface area contributed by atoms with Crippen molar-refractivity contribution in [2.24, 2.45) is 0 Å². The summed E-state index contributed by atoms with van der Waals surface area (Å²) in [5, 5.41) is 7.47. The molecule has 5 heteroatoms. The average Bonchev–Trinajstić information content (AvgIpc) is 3.22. The van der Waals surface area contributed by atoms with Crippen molar-refractivity contribution in [1.29, 1.82) is 0 Å². The molecular weight excluding hydrogens is 362 g/mol. The van der Waals surface area contributed by atoms with Crippen LogP contribution in [0, 0.1) is 0 Å². The zero-order valence-corrected chi connectivity index (χ0v) is 16.8.